The second-order valence-electron chi connectivity index (χ2n) is 4.36. The summed E-state index contributed by atoms with van der Waals surface area (Å²) in [5, 5.41) is 5.65. The minimum atomic E-state index is -0.486. The molecule has 1 amide bonds. The molecule has 0 fully saturated rings. The zero-order valence-corrected chi connectivity index (χ0v) is 11.7. The average molecular weight is 293 g/mol. The zero-order chi connectivity index (χ0) is 14.5. The molecule has 2 N–H and O–H groups in total. The summed E-state index contributed by atoms with van der Waals surface area (Å²) in [6.45, 7) is 1.90. The Morgan fingerprint density at radius 2 is 1.90 bits per heavy atom. The van der Waals surface area contributed by atoms with Crippen molar-refractivity contribution >= 4 is 28.9 Å². The average Bonchev–Trinajstić information content (AvgIpc) is 2.41. The molecule has 0 spiro atoms. The van der Waals surface area contributed by atoms with E-state index in [0.29, 0.717) is 5.69 Å². The molecule has 0 aliphatic carbocycles. The van der Waals surface area contributed by atoms with Gasteiger partial charge in [-0.3, -0.25) is 4.79 Å². The van der Waals surface area contributed by atoms with Gasteiger partial charge in [-0.1, -0.05) is 35.4 Å². The van der Waals surface area contributed by atoms with E-state index < -0.39 is 5.82 Å². The topological polar surface area (TPSA) is 41.1 Å². The standard InChI is InChI=1S/C15H14ClFN2O/c1-10-5-7-11(8-6-10)19-14(20)9-18-15-12(16)3-2-4-13(15)17/h2-8,18H,9H2,1H3,(H,19,20). The summed E-state index contributed by atoms with van der Waals surface area (Å²) in [4.78, 5) is 11.8. The van der Waals surface area contributed by atoms with Gasteiger partial charge in [-0.05, 0) is 31.2 Å². The van der Waals surface area contributed by atoms with Crippen molar-refractivity contribution in [1.29, 1.82) is 0 Å². The summed E-state index contributed by atoms with van der Waals surface area (Å²) in [5.74, 6) is -0.756. The number of benzene rings is 2. The van der Waals surface area contributed by atoms with Crippen LogP contribution < -0.4 is 10.6 Å². The van der Waals surface area contributed by atoms with E-state index in [0.717, 1.165) is 5.56 Å². The van der Waals surface area contributed by atoms with Crippen molar-refractivity contribution in [2.45, 2.75) is 6.92 Å². The molecule has 104 valence electrons. The fourth-order valence-electron chi connectivity index (χ4n) is 1.68. The lowest BCUT2D eigenvalue weighted by atomic mass is 10.2. The molecule has 2 aromatic carbocycles. The van der Waals surface area contributed by atoms with Crippen LogP contribution >= 0.6 is 11.6 Å². The molecule has 0 heterocycles. The fourth-order valence-corrected chi connectivity index (χ4v) is 1.91. The highest BCUT2D eigenvalue weighted by molar-refractivity contribution is 6.33. The smallest absolute Gasteiger partial charge is 0.243 e. The largest absolute Gasteiger partial charge is 0.373 e. The van der Waals surface area contributed by atoms with E-state index in [1.54, 1.807) is 6.07 Å². The number of nitrogens with one attached hydrogen (secondary N) is 2. The van der Waals surface area contributed by atoms with Crippen molar-refractivity contribution in [3.63, 3.8) is 0 Å². The molecule has 2 aromatic rings. The summed E-state index contributed by atoms with van der Waals surface area (Å²) in [5.41, 5.74) is 1.94. The molecule has 0 aromatic heterocycles. The van der Waals surface area contributed by atoms with Gasteiger partial charge in [0.15, 0.2) is 0 Å². The first-order chi connectivity index (χ1) is 9.56. The number of aryl methyl sites for hydroxylation is 1. The Morgan fingerprint density at radius 3 is 2.55 bits per heavy atom. The Morgan fingerprint density at radius 1 is 1.20 bits per heavy atom. The number of hydrogen-bond acceptors (Lipinski definition) is 2. The van der Waals surface area contributed by atoms with Crippen LogP contribution in [0.5, 0.6) is 0 Å². The highest BCUT2D eigenvalue weighted by Gasteiger charge is 2.08. The number of halogens is 2. The van der Waals surface area contributed by atoms with Gasteiger partial charge in [0.05, 0.1) is 17.3 Å². The number of para-hydroxylation sites is 1. The molecule has 20 heavy (non-hydrogen) atoms. The quantitative estimate of drug-likeness (QED) is 0.899. The van der Waals surface area contributed by atoms with Crippen LogP contribution in [0, 0.1) is 12.7 Å². The molecule has 0 radical (unpaired) electrons. The first-order valence-corrected chi connectivity index (χ1v) is 6.48. The first kappa shape index (κ1) is 14.3. The Hall–Kier alpha value is -2.07. The van der Waals surface area contributed by atoms with E-state index in [2.05, 4.69) is 10.6 Å². The van der Waals surface area contributed by atoms with Gasteiger partial charge in [-0.25, -0.2) is 4.39 Å². The summed E-state index contributed by atoms with van der Waals surface area (Å²) in [6.07, 6.45) is 0. The maximum absolute atomic E-state index is 13.5. The maximum atomic E-state index is 13.5. The van der Waals surface area contributed by atoms with Crippen molar-refractivity contribution in [2.24, 2.45) is 0 Å². The summed E-state index contributed by atoms with van der Waals surface area (Å²) >= 11 is 5.86. The van der Waals surface area contributed by atoms with Gasteiger partial charge in [0, 0.05) is 5.69 Å². The summed E-state index contributed by atoms with van der Waals surface area (Å²) < 4.78 is 13.5. The number of carbonyl (C=O) groups excluding carboxylic acids is 1. The number of amides is 1. The zero-order valence-electron chi connectivity index (χ0n) is 10.9. The monoisotopic (exact) mass is 292 g/mol. The molecule has 0 bridgehead atoms. The van der Waals surface area contributed by atoms with Crippen LogP contribution in [-0.4, -0.2) is 12.5 Å². The van der Waals surface area contributed by atoms with Crippen molar-refractivity contribution in [3.8, 4) is 0 Å². The van der Waals surface area contributed by atoms with Crippen molar-refractivity contribution in [2.75, 3.05) is 17.2 Å². The number of carbonyl (C=O) groups is 1. The van der Waals surface area contributed by atoms with Gasteiger partial charge in [0.1, 0.15) is 5.82 Å². The van der Waals surface area contributed by atoms with E-state index in [-0.39, 0.29) is 23.2 Å². The van der Waals surface area contributed by atoms with Crippen LogP contribution in [0.25, 0.3) is 0 Å². The van der Waals surface area contributed by atoms with Gasteiger partial charge < -0.3 is 10.6 Å². The van der Waals surface area contributed by atoms with Crippen LogP contribution in [0.1, 0.15) is 5.56 Å². The SMILES string of the molecule is Cc1ccc(NC(=O)CNc2c(F)cccc2Cl)cc1. The minimum absolute atomic E-state index is 0.0610. The number of anilines is 2. The normalized spacial score (nSPS) is 10.2. The van der Waals surface area contributed by atoms with Crippen LogP contribution in [0.3, 0.4) is 0 Å². The molecule has 0 saturated carbocycles. The summed E-state index contributed by atoms with van der Waals surface area (Å²) in [7, 11) is 0. The molecule has 0 atom stereocenters. The Labute approximate surface area is 121 Å². The predicted octanol–water partition coefficient (Wildman–Crippen LogP) is 3.84. The lowest BCUT2D eigenvalue weighted by Gasteiger charge is -2.10. The molecule has 2 rings (SSSR count). The van der Waals surface area contributed by atoms with E-state index in [1.165, 1.54) is 12.1 Å². The molecule has 0 unspecified atom stereocenters. The van der Waals surface area contributed by atoms with Gasteiger partial charge in [-0.15, -0.1) is 0 Å². The first-order valence-electron chi connectivity index (χ1n) is 6.10. The van der Waals surface area contributed by atoms with Crippen molar-refractivity contribution in [3.05, 3.63) is 58.9 Å². The molecular formula is C15H14ClFN2O. The number of rotatable bonds is 4. The highest BCUT2D eigenvalue weighted by Crippen LogP contribution is 2.24. The highest BCUT2D eigenvalue weighted by atomic mass is 35.5. The van der Waals surface area contributed by atoms with Crippen LogP contribution in [0.15, 0.2) is 42.5 Å². The Bertz CT molecular complexity index is 594. The van der Waals surface area contributed by atoms with E-state index in [1.807, 2.05) is 31.2 Å². The third-order valence-corrected chi connectivity index (χ3v) is 3.04. The molecule has 5 heteroatoms. The van der Waals surface area contributed by atoms with E-state index in [4.69, 9.17) is 11.6 Å². The third-order valence-electron chi connectivity index (χ3n) is 2.72. The molecule has 0 saturated heterocycles. The predicted molar refractivity (Wildman–Crippen MR) is 79.7 cm³/mol. The summed E-state index contributed by atoms with van der Waals surface area (Å²) in [6, 6.07) is 11.8. The molecule has 3 nitrogen and oxygen atoms in total. The molecule has 0 aliphatic heterocycles. The third kappa shape index (κ3) is 3.71. The Kier molecular flexibility index (Phi) is 4.58. The van der Waals surface area contributed by atoms with Crippen LogP contribution in [-0.2, 0) is 4.79 Å². The lowest BCUT2D eigenvalue weighted by molar-refractivity contribution is -0.114. The van der Waals surface area contributed by atoms with Crippen LogP contribution in [0.2, 0.25) is 5.02 Å². The van der Waals surface area contributed by atoms with E-state index in [9.17, 15) is 9.18 Å². The van der Waals surface area contributed by atoms with E-state index >= 15 is 0 Å². The Balaban J connectivity index is 1.94. The van der Waals surface area contributed by atoms with Crippen molar-refractivity contribution < 1.29 is 9.18 Å². The maximum Gasteiger partial charge on any atom is 0.243 e. The van der Waals surface area contributed by atoms with Crippen LogP contribution in [0.4, 0.5) is 15.8 Å². The molecule has 0 aliphatic rings. The van der Waals surface area contributed by atoms with Crippen molar-refractivity contribution in [1.82, 2.24) is 0 Å². The van der Waals surface area contributed by atoms with Gasteiger partial charge in [-0.2, -0.15) is 0 Å². The van der Waals surface area contributed by atoms with Gasteiger partial charge >= 0.3 is 0 Å². The van der Waals surface area contributed by atoms with Gasteiger partial charge in [0.25, 0.3) is 0 Å². The lowest BCUT2D eigenvalue weighted by Crippen LogP contribution is -2.22. The second-order valence-corrected chi connectivity index (χ2v) is 4.77. The molecular weight excluding hydrogens is 279 g/mol. The second kappa shape index (κ2) is 6.39. The fraction of sp³-hybridized carbons (Fsp3) is 0.133. The van der Waals surface area contributed by atoms with Gasteiger partial charge in [0.2, 0.25) is 5.91 Å². The minimum Gasteiger partial charge on any atom is -0.373 e. The number of hydrogen-bond donors (Lipinski definition) is 2.